The number of benzene rings is 1. The summed E-state index contributed by atoms with van der Waals surface area (Å²) in [6.45, 7) is 12.8. The Morgan fingerprint density at radius 2 is 1.80 bits per heavy atom. The summed E-state index contributed by atoms with van der Waals surface area (Å²) >= 11 is 0. The zero-order valence-electron chi connectivity index (χ0n) is 16.3. The number of nitrogens with zero attached hydrogens (tertiary/aromatic N) is 2. The minimum atomic E-state index is 0. The second kappa shape index (κ2) is 14.3. The van der Waals surface area contributed by atoms with Crippen LogP contribution in [0, 0.1) is 0 Å². The van der Waals surface area contributed by atoms with Crippen LogP contribution in [0.5, 0.6) is 0 Å². The number of methoxy groups -OCH3 is 1. The number of rotatable bonds is 10. The van der Waals surface area contributed by atoms with Crippen molar-refractivity contribution in [2.24, 2.45) is 4.99 Å². The SMILES string of the molecule is CCNC(=NCC(c1ccccc1)N(CC)CC)NC(C)COC.I. The molecule has 0 aliphatic carbocycles. The monoisotopic (exact) mass is 462 g/mol. The van der Waals surface area contributed by atoms with E-state index in [4.69, 9.17) is 9.73 Å². The molecule has 0 aliphatic heterocycles. The predicted octanol–water partition coefficient (Wildman–Crippen LogP) is 3.28. The van der Waals surface area contributed by atoms with Gasteiger partial charge in [0.1, 0.15) is 0 Å². The molecule has 0 heterocycles. The summed E-state index contributed by atoms with van der Waals surface area (Å²) in [7, 11) is 1.72. The van der Waals surface area contributed by atoms with Crippen molar-refractivity contribution in [1.29, 1.82) is 0 Å². The van der Waals surface area contributed by atoms with Crippen molar-refractivity contribution in [3.05, 3.63) is 35.9 Å². The molecule has 25 heavy (non-hydrogen) atoms. The second-order valence-electron chi connectivity index (χ2n) is 5.87. The van der Waals surface area contributed by atoms with Crippen LogP contribution in [0.1, 0.15) is 39.3 Å². The number of hydrogen-bond donors (Lipinski definition) is 2. The van der Waals surface area contributed by atoms with Crippen molar-refractivity contribution in [1.82, 2.24) is 15.5 Å². The van der Waals surface area contributed by atoms with Crippen LogP contribution in [0.15, 0.2) is 35.3 Å². The van der Waals surface area contributed by atoms with E-state index < -0.39 is 0 Å². The van der Waals surface area contributed by atoms with E-state index in [1.165, 1.54) is 5.56 Å². The standard InChI is InChI=1S/C19H34N4O.HI/c1-6-20-19(22-16(4)15-24-5)21-14-18(23(7-2)8-3)17-12-10-9-11-13-17;/h9-13,16,18H,6-8,14-15H2,1-5H3,(H2,20,21,22);1H. The molecule has 1 aromatic rings. The normalized spacial score (nSPS) is 13.9. The van der Waals surface area contributed by atoms with Crippen molar-refractivity contribution in [3.63, 3.8) is 0 Å². The molecule has 6 heteroatoms. The number of nitrogens with one attached hydrogen (secondary N) is 2. The Balaban J connectivity index is 0.00000576. The number of aliphatic imine (C=N–C) groups is 1. The summed E-state index contributed by atoms with van der Waals surface area (Å²) in [4.78, 5) is 7.27. The average molecular weight is 462 g/mol. The minimum Gasteiger partial charge on any atom is -0.383 e. The quantitative estimate of drug-likeness (QED) is 0.319. The van der Waals surface area contributed by atoms with E-state index in [0.717, 1.165) is 32.1 Å². The van der Waals surface area contributed by atoms with Crippen molar-refractivity contribution >= 4 is 29.9 Å². The molecule has 0 spiro atoms. The maximum Gasteiger partial charge on any atom is 0.191 e. The largest absolute Gasteiger partial charge is 0.383 e. The van der Waals surface area contributed by atoms with E-state index in [1.54, 1.807) is 7.11 Å². The highest BCUT2D eigenvalue weighted by Crippen LogP contribution is 2.20. The van der Waals surface area contributed by atoms with E-state index in [2.05, 4.69) is 73.6 Å². The summed E-state index contributed by atoms with van der Waals surface area (Å²) in [5, 5.41) is 6.71. The van der Waals surface area contributed by atoms with Crippen LogP contribution in [-0.4, -0.2) is 56.8 Å². The third-order valence-corrected chi connectivity index (χ3v) is 4.00. The summed E-state index contributed by atoms with van der Waals surface area (Å²) in [5.41, 5.74) is 1.31. The molecule has 0 amide bonds. The van der Waals surface area contributed by atoms with Gasteiger partial charge in [0.2, 0.25) is 0 Å². The molecule has 1 rings (SSSR count). The topological polar surface area (TPSA) is 48.9 Å². The molecular weight excluding hydrogens is 427 g/mol. The summed E-state index contributed by atoms with van der Waals surface area (Å²) in [5.74, 6) is 0.843. The van der Waals surface area contributed by atoms with Gasteiger partial charge in [-0.1, -0.05) is 44.2 Å². The Hall–Kier alpha value is -0.860. The van der Waals surface area contributed by atoms with Gasteiger partial charge in [-0.3, -0.25) is 9.89 Å². The molecule has 0 saturated heterocycles. The van der Waals surface area contributed by atoms with Gasteiger partial charge in [-0.2, -0.15) is 0 Å². The lowest BCUT2D eigenvalue weighted by molar-refractivity contribution is 0.179. The first kappa shape index (κ1) is 24.1. The Morgan fingerprint density at radius 3 is 2.32 bits per heavy atom. The van der Waals surface area contributed by atoms with E-state index >= 15 is 0 Å². The van der Waals surface area contributed by atoms with Crippen LogP contribution >= 0.6 is 24.0 Å². The summed E-state index contributed by atoms with van der Waals surface area (Å²) < 4.78 is 5.20. The minimum absolute atomic E-state index is 0. The molecule has 144 valence electrons. The fourth-order valence-electron chi connectivity index (χ4n) is 2.79. The summed E-state index contributed by atoms with van der Waals surface area (Å²) in [6.07, 6.45) is 0. The fourth-order valence-corrected chi connectivity index (χ4v) is 2.79. The van der Waals surface area contributed by atoms with Crippen molar-refractivity contribution < 1.29 is 4.74 Å². The molecule has 0 saturated carbocycles. The molecule has 0 bridgehead atoms. The van der Waals surface area contributed by atoms with Crippen LogP contribution in [-0.2, 0) is 4.74 Å². The third-order valence-electron chi connectivity index (χ3n) is 4.00. The van der Waals surface area contributed by atoms with E-state index in [0.29, 0.717) is 6.61 Å². The van der Waals surface area contributed by atoms with Crippen molar-refractivity contribution in [3.8, 4) is 0 Å². The zero-order valence-corrected chi connectivity index (χ0v) is 18.6. The molecule has 0 fully saturated rings. The first-order valence-corrected chi connectivity index (χ1v) is 8.98. The molecule has 2 unspecified atom stereocenters. The number of halogens is 1. The van der Waals surface area contributed by atoms with Crippen LogP contribution in [0.2, 0.25) is 0 Å². The van der Waals surface area contributed by atoms with Crippen molar-refractivity contribution in [2.75, 3.05) is 39.9 Å². The highest BCUT2D eigenvalue weighted by molar-refractivity contribution is 14.0. The van der Waals surface area contributed by atoms with Gasteiger partial charge >= 0.3 is 0 Å². The number of hydrogen-bond acceptors (Lipinski definition) is 3. The van der Waals surface area contributed by atoms with Gasteiger partial charge in [0.25, 0.3) is 0 Å². The van der Waals surface area contributed by atoms with Crippen LogP contribution in [0.3, 0.4) is 0 Å². The highest BCUT2D eigenvalue weighted by Gasteiger charge is 2.17. The molecular formula is C19H35IN4O. The average Bonchev–Trinajstić information content (AvgIpc) is 2.59. The van der Waals surface area contributed by atoms with Gasteiger partial charge in [0.15, 0.2) is 5.96 Å². The summed E-state index contributed by atoms with van der Waals surface area (Å²) in [6, 6.07) is 11.1. The first-order valence-electron chi connectivity index (χ1n) is 8.98. The Kier molecular flexibility index (Phi) is 13.8. The smallest absolute Gasteiger partial charge is 0.191 e. The van der Waals surface area contributed by atoms with Crippen LogP contribution in [0.4, 0.5) is 0 Å². The Morgan fingerprint density at radius 1 is 1.16 bits per heavy atom. The molecule has 2 N–H and O–H groups in total. The van der Waals surface area contributed by atoms with Crippen molar-refractivity contribution in [2.45, 2.75) is 39.8 Å². The Bertz CT molecular complexity index is 466. The van der Waals surface area contributed by atoms with Crippen LogP contribution < -0.4 is 10.6 Å². The van der Waals surface area contributed by atoms with Gasteiger partial charge < -0.3 is 15.4 Å². The predicted molar refractivity (Wildman–Crippen MR) is 118 cm³/mol. The Labute approximate surface area is 170 Å². The van der Waals surface area contributed by atoms with E-state index in [9.17, 15) is 0 Å². The van der Waals surface area contributed by atoms with Gasteiger partial charge in [-0.15, -0.1) is 24.0 Å². The molecule has 2 atom stereocenters. The lowest BCUT2D eigenvalue weighted by Crippen LogP contribution is -2.44. The zero-order chi connectivity index (χ0) is 17.8. The molecule has 0 radical (unpaired) electrons. The second-order valence-corrected chi connectivity index (χ2v) is 5.87. The fraction of sp³-hybridized carbons (Fsp3) is 0.632. The number of ether oxygens (including phenoxy) is 1. The van der Waals surface area contributed by atoms with E-state index in [1.807, 2.05) is 0 Å². The van der Waals surface area contributed by atoms with Crippen LogP contribution in [0.25, 0.3) is 0 Å². The molecule has 5 nitrogen and oxygen atoms in total. The van der Waals surface area contributed by atoms with Gasteiger partial charge in [-0.05, 0) is 32.5 Å². The molecule has 0 aliphatic rings. The van der Waals surface area contributed by atoms with Gasteiger partial charge in [0, 0.05) is 19.7 Å². The number of guanidine groups is 1. The number of likely N-dealkylation sites (N-methyl/N-ethyl adjacent to an activating group) is 1. The lowest BCUT2D eigenvalue weighted by Gasteiger charge is -2.29. The maximum atomic E-state index is 5.20. The van der Waals surface area contributed by atoms with E-state index in [-0.39, 0.29) is 36.1 Å². The molecule has 1 aromatic carbocycles. The first-order chi connectivity index (χ1) is 11.7. The molecule has 0 aromatic heterocycles. The maximum absolute atomic E-state index is 5.20. The highest BCUT2D eigenvalue weighted by atomic mass is 127. The lowest BCUT2D eigenvalue weighted by atomic mass is 10.1. The third kappa shape index (κ3) is 8.87. The van der Waals surface area contributed by atoms with Gasteiger partial charge in [-0.25, -0.2) is 0 Å². The van der Waals surface area contributed by atoms with Gasteiger partial charge in [0.05, 0.1) is 19.2 Å².